The number of halogens is 1. The van der Waals surface area contributed by atoms with Gasteiger partial charge in [-0.25, -0.2) is 4.39 Å². The molecular weight excluding hydrogens is 185 g/mol. The van der Waals surface area contributed by atoms with E-state index in [0.717, 1.165) is 0 Å². The quantitative estimate of drug-likeness (QED) is 0.776. The van der Waals surface area contributed by atoms with Crippen LogP contribution < -0.4 is 0 Å². The van der Waals surface area contributed by atoms with E-state index >= 15 is 0 Å². The van der Waals surface area contributed by atoms with E-state index in [2.05, 4.69) is 0 Å². The number of carboxylic acids is 1. The molecule has 72 valence electrons. The molecule has 0 atom stereocenters. The van der Waals surface area contributed by atoms with Gasteiger partial charge >= 0.3 is 5.97 Å². The normalized spacial score (nSPS) is 9.50. The Morgan fingerprint density at radius 1 is 1.64 bits per heavy atom. The summed E-state index contributed by atoms with van der Waals surface area (Å²) in [5.41, 5.74) is 0.692. The van der Waals surface area contributed by atoms with Gasteiger partial charge in [0.15, 0.2) is 0 Å². The van der Waals surface area contributed by atoms with Gasteiger partial charge in [-0.05, 0) is 24.1 Å². The van der Waals surface area contributed by atoms with Gasteiger partial charge in [-0.1, -0.05) is 6.07 Å². The first-order valence-corrected chi connectivity index (χ1v) is 3.96. The first-order chi connectivity index (χ1) is 6.56. The minimum atomic E-state index is -1.07. The Kier molecular flexibility index (Phi) is 2.82. The molecule has 14 heavy (non-hydrogen) atoms. The number of nitrogens with zero attached hydrogens (tertiary/aromatic N) is 1. The number of hydrogen-bond donors (Lipinski definition) is 1. The second-order valence-corrected chi connectivity index (χ2v) is 2.90. The fourth-order valence-electron chi connectivity index (χ4n) is 1.22. The van der Waals surface area contributed by atoms with Crippen LogP contribution >= 0.6 is 0 Å². The standard InChI is InChI=1S/C10H8FNO2/c1-6-2-3-9(11)8(5-12)7(6)4-10(13)14/h2-3H,4H2,1H3,(H,13,14). The molecule has 0 amide bonds. The summed E-state index contributed by atoms with van der Waals surface area (Å²) in [7, 11) is 0. The fourth-order valence-corrected chi connectivity index (χ4v) is 1.22. The molecule has 1 rings (SSSR count). The second-order valence-electron chi connectivity index (χ2n) is 2.90. The molecule has 0 aliphatic rings. The van der Waals surface area contributed by atoms with Crippen LogP contribution in [0.5, 0.6) is 0 Å². The van der Waals surface area contributed by atoms with Crippen LogP contribution in [-0.2, 0) is 11.2 Å². The van der Waals surface area contributed by atoms with Crippen molar-refractivity contribution in [3.8, 4) is 6.07 Å². The van der Waals surface area contributed by atoms with Gasteiger partial charge in [0.25, 0.3) is 0 Å². The Bertz CT molecular complexity index is 421. The van der Waals surface area contributed by atoms with Crippen molar-refractivity contribution in [3.05, 3.63) is 34.6 Å². The van der Waals surface area contributed by atoms with Crippen molar-refractivity contribution in [2.75, 3.05) is 0 Å². The number of carbonyl (C=O) groups is 1. The Hall–Kier alpha value is -1.89. The minimum absolute atomic E-state index is 0.174. The first kappa shape index (κ1) is 10.2. The maximum Gasteiger partial charge on any atom is 0.307 e. The molecule has 3 nitrogen and oxygen atoms in total. The van der Waals surface area contributed by atoms with E-state index in [0.29, 0.717) is 5.56 Å². The van der Waals surface area contributed by atoms with Gasteiger partial charge in [0.1, 0.15) is 11.9 Å². The maximum absolute atomic E-state index is 13.1. The average Bonchev–Trinajstić information content (AvgIpc) is 2.11. The highest BCUT2D eigenvalue weighted by molar-refractivity contribution is 5.72. The van der Waals surface area contributed by atoms with Crippen molar-refractivity contribution in [1.29, 1.82) is 5.26 Å². The summed E-state index contributed by atoms with van der Waals surface area (Å²) < 4.78 is 13.1. The van der Waals surface area contributed by atoms with E-state index in [1.165, 1.54) is 12.1 Å². The van der Waals surface area contributed by atoms with Crippen molar-refractivity contribution >= 4 is 5.97 Å². The summed E-state index contributed by atoms with van der Waals surface area (Å²) in [5, 5.41) is 17.2. The summed E-state index contributed by atoms with van der Waals surface area (Å²) in [6.07, 6.45) is -0.327. The molecule has 0 saturated carbocycles. The number of nitriles is 1. The van der Waals surface area contributed by atoms with Crippen LogP contribution in [0.25, 0.3) is 0 Å². The number of benzene rings is 1. The smallest absolute Gasteiger partial charge is 0.307 e. The highest BCUT2D eigenvalue weighted by Crippen LogP contribution is 2.17. The van der Waals surface area contributed by atoms with Gasteiger partial charge in [0.2, 0.25) is 0 Å². The number of aryl methyl sites for hydroxylation is 1. The summed E-state index contributed by atoms with van der Waals surface area (Å²) in [5.74, 6) is -1.75. The van der Waals surface area contributed by atoms with Crippen LogP contribution in [0.3, 0.4) is 0 Å². The SMILES string of the molecule is Cc1ccc(F)c(C#N)c1CC(=O)O. The number of aliphatic carboxylic acids is 1. The molecule has 1 aromatic rings. The Labute approximate surface area is 80.4 Å². The second kappa shape index (κ2) is 3.88. The zero-order valence-electron chi connectivity index (χ0n) is 7.54. The fraction of sp³-hybridized carbons (Fsp3) is 0.200. The van der Waals surface area contributed by atoms with Crippen molar-refractivity contribution in [2.24, 2.45) is 0 Å². The van der Waals surface area contributed by atoms with Gasteiger partial charge in [0, 0.05) is 0 Å². The Morgan fingerprint density at radius 3 is 2.79 bits per heavy atom. The summed E-state index contributed by atoms with van der Waals surface area (Å²) in [6, 6.07) is 4.30. The van der Waals surface area contributed by atoms with Crippen LogP contribution in [0.1, 0.15) is 16.7 Å². The molecule has 1 N–H and O–H groups in total. The molecule has 1 aromatic carbocycles. The lowest BCUT2D eigenvalue weighted by Crippen LogP contribution is -2.05. The van der Waals surface area contributed by atoms with Crippen molar-refractivity contribution in [1.82, 2.24) is 0 Å². The predicted molar refractivity (Wildman–Crippen MR) is 47.2 cm³/mol. The van der Waals surface area contributed by atoms with Crippen LogP contribution in [0.4, 0.5) is 4.39 Å². The lowest BCUT2D eigenvalue weighted by atomic mass is 9.99. The first-order valence-electron chi connectivity index (χ1n) is 3.96. The lowest BCUT2D eigenvalue weighted by molar-refractivity contribution is -0.136. The van der Waals surface area contributed by atoms with Crippen molar-refractivity contribution in [3.63, 3.8) is 0 Å². The highest BCUT2D eigenvalue weighted by Gasteiger charge is 2.13. The summed E-state index contributed by atoms with van der Waals surface area (Å²) >= 11 is 0. The number of hydrogen-bond acceptors (Lipinski definition) is 2. The van der Waals surface area contributed by atoms with Gasteiger partial charge in [-0.15, -0.1) is 0 Å². The lowest BCUT2D eigenvalue weighted by Gasteiger charge is -2.05. The van der Waals surface area contributed by atoms with Crippen molar-refractivity contribution in [2.45, 2.75) is 13.3 Å². The molecule has 0 saturated heterocycles. The van der Waals surface area contributed by atoms with Crippen LogP contribution in [0.2, 0.25) is 0 Å². The minimum Gasteiger partial charge on any atom is -0.481 e. The molecule has 0 bridgehead atoms. The largest absolute Gasteiger partial charge is 0.481 e. The van der Waals surface area contributed by atoms with E-state index < -0.39 is 11.8 Å². The van der Waals surface area contributed by atoms with Gasteiger partial charge in [-0.3, -0.25) is 4.79 Å². The predicted octanol–water partition coefficient (Wildman–Crippen LogP) is 1.63. The molecule has 0 unspecified atom stereocenters. The molecule has 0 aliphatic carbocycles. The molecule has 0 spiro atoms. The van der Waals surface area contributed by atoms with Crippen LogP contribution in [0, 0.1) is 24.1 Å². The summed E-state index contributed by atoms with van der Waals surface area (Å²) in [4.78, 5) is 10.5. The van der Waals surface area contributed by atoms with Crippen molar-refractivity contribution < 1.29 is 14.3 Å². The molecular formula is C10H8FNO2. The third-order valence-corrected chi connectivity index (χ3v) is 1.94. The van der Waals surface area contributed by atoms with E-state index in [9.17, 15) is 9.18 Å². The third kappa shape index (κ3) is 1.88. The topological polar surface area (TPSA) is 61.1 Å². The molecule has 0 radical (unpaired) electrons. The zero-order valence-corrected chi connectivity index (χ0v) is 7.54. The zero-order chi connectivity index (χ0) is 10.7. The molecule has 0 fully saturated rings. The molecule has 4 heteroatoms. The number of carboxylic acid groups (broad SMARTS) is 1. The maximum atomic E-state index is 13.1. The Balaban J connectivity index is 3.31. The highest BCUT2D eigenvalue weighted by atomic mass is 19.1. The summed E-state index contributed by atoms with van der Waals surface area (Å²) in [6.45, 7) is 1.65. The Morgan fingerprint density at radius 2 is 2.29 bits per heavy atom. The van der Waals surface area contributed by atoms with Gasteiger partial charge in [-0.2, -0.15) is 5.26 Å². The average molecular weight is 193 g/mol. The van der Waals surface area contributed by atoms with Gasteiger partial charge < -0.3 is 5.11 Å². The third-order valence-electron chi connectivity index (χ3n) is 1.94. The van der Waals surface area contributed by atoms with E-state index in [1.807, 2.05) is 0 Å². The molecule has 0 heterocycles. The monoisotopic (exact) mass is 193 g/mol. The molecule has 0 aromatic heterocycles. The number of rotatable bonds is 2. The van der Waals surface area contributed by atoms with E-state index in [4.69, 9.17) is 10.4 Å². The van der Waals surface area contributed by atoms with E-state index in [-0.39, 0.29) is 17.5 Å². The van der Waals surface area contributed by atoms with Crippen LogP contribution in [-0.4, -0.2) is 11.1 Å². The molecule has 0 aliphatic heterocycles. The van der Waals surface area contributed by atoms with Gasteiger partial charge in [0.05, 0.1) is 12.0 Å². The van der Waals surface area contributed by atoms with E-state index in [1.54, 1.807) is 13.0 Å². The van der Waals surface area contributed by atoms with Crippen LogP contribution in [0.15, 0.2) is 12.1 Å².